The van der Waals surface area contributed by atoms with Crippen LogP contribution in [0.1, 0.15) is 46.4 Å². The quantitative estimate of drug-likeness (QED) is 0.724. The van der Waals surface area contributed by atoms with Gasteiger partial charge in [-0.3, -0.25) is 0 Å². The van der Waals surface area contributed by atoms with Gasteiger partial charge in [0, 0.05) is 12.7 Å². The maximum atomic E-state index is 11.6. The molecule has 4 heteroatoms. The first-order valence-electron chi connectivity index (χ1n) is 5.42. The molecule has 1 unspecified atom stereocenters. The highest BCUT2D eigenvalue weighted by atomic mass is 16.5. The molecule has 0 amide bonds. The fraction of sp³-hybridized carbons (Fsp3) is 0.583. The number of carbonyl (C=O) groups is 1. The lowest BCUT2D eigenvalue weighted by Crippen LogP contribution is -2.12. The Bertz CT molecular complexity index is 405. The van der Waals surface area contributed by atoms with Crippen molar-refractivity contribution in [2.45, 2.75) is 32.3 Å². The maximum absolute atomic E-state index is 11.6. The second kappa shape index (κ2) is 4.29. The smallest absolute Gasteiger partial charge is 0.341 e. The number of carbonyl (C=O) groups excluding carboxylic acids is 1. The summed E-state index contributed by atoms with van der Waals surface area (Å²) in [5, 5.41) is 0. The second-order valence-corrected chi connectivity index (χ2v) is 3.98. The van der Waals surface area contributed by atoms with Crippen molar-refractivity contribution in [3.63, 3.8) is 0 Å². The van der Waals surface area contributed by atoms with Gasteiger partial charge in [0.2, 0.25) is 0 Å². The summed E-state index contributed by atoms with van der Waals surface area (Å²) in [7, 11) is 3.05. The first-order chi connectivity index (χ1) is 7.69. The molecule has 4 nitrogen and oxygen atoms in total. The number of ether oxygens (including phenoxy) is 2. The van der Waals surface area contributed by atoms with Crippen molar-refractivity contribution < 1.29 is 18.7 Å². The van der Waals surface area contributed by atoms with Crippen LogP contribution in [0.4, 0.5) is 0 Å². The maximum Gasteiger partial charge on any atom is 0.341 e. The molecule has 0 aromatic carbocycles. The van der Waals surface area contributed by atoms with Crippen molar-refractivity contribution in [2.24, 2.45) is 0 Å². The zero-order chi connectivity index (χ0) is 11.7. The first-order valence-corrected chi connectivity index (χ1v) is 5.42. The summed E-state index contributed by atoms with van der Waals surface area (Å²) < 4.78 is 15.8. The Balaban J connectivity index is 2.48. The van der Waals surface area contributed by atoms with Gasteiger partial charge in [0.1, 0.15) is 23.2 Å². The Morgan fingerprint density at radius 2 is 2.19 bits per heavy atom. The van der Waals surface area contributed by atoms with Crippen LogP contribution in [0.5, 0.6) is 0 Å². The molecule has 0 radical (unpaired) electrons. The lowest BCUT2D eigenvalue weighted by molar-refractivity contribution is 0.0597. The molecule has 0 fully saturated rings. The molecule has 0 bridgehead atoms. The monoisotopic (exact) mass is 224 g/mol. The molecule has 1 atom stereocenters. The number of esters is 1. The summed E-state index contributed by atoms with van der Waals surface area (Å²) in [6.07, 6.45) is 2.78. The highest BCUT2D eigenvalue weighted by Gasteiger charge is 2.31. The van der Waals surface area contributed by atoms with E-state index in [1.807, 2.05) is 0 Å². The molecule has 0 saturated carbocycles. The molecule has 0 N–H and O–H groups in total. The van der Waals surface area contributed by atoms with E-state index in [0.717, 1.165) is 30.6 Å². The number of hydrogen-bond acceptors (Lipinski definition) is 4. The Morgan fingerprint density at radius 1 is 1.44 bits per heavy atom. The predicted molar refractivity (Wildman–Crippen MR) is 57.5 cm³/mol. The van der Waals surface area contributed by atoms with E-state index in [9.17, 15) is 4.79 Å². The molecule has 1 aliphatic rings. The van der Waals surface area contributed by atoms with Gasteiger partial charge in [0.25, 0.3) is 0 Å². The molecular formula is C12H16O4. The molecule has 0 saturated heterocycles. The van der Waals surface area contributed by atoms with Crippen molar-refractivity contribution in [3.8, 4) is 0 Å². The number of rotatable bonds is 2. The molecule has 1 aromatic rings. The Hall–Kier alpha value is -1.29. The molecule has 1 aliphatic carbocycles. The fourth-order valence-corrected chi connectivity index (χ4v) is 2.31. The van der Waals surface area contributed by atoms with Crippen LogP contribution in [-0.4, -0.2) is 20.2 Å². The van der Waals surface area contributed by atoms with Crippen LogP contribution in [0.25, 0.3) is 0 Å². The summed E-state index contributed by atoms with van der Waals surface area (Å²) in [6.45, 7) is 1.79. The molecule has 88 valence electrons. The van der Waals surface area contributed by atoms with Gasteiger partial charge < -0.3 is 13.9 Å². The van der Waals surface area contributed by atoms with Gasteiger partial charge in [-0.25, -0.2) is 4.79 Å². The molecule has 16 heavy (non-hydrogen) atoms. The van der Waals surface area contributed by atoms with Crippen LogP contribution in [0, 0.1) is 6.92 Å². The topological polar surface area (TPSA) is 48.7 Å². The van der Waals surface area contributed by atoms with Crippen molar-refractivity contribution in [1.29, 1.82) is 0 Å². The standard InChI is InChI=1S/C12H16O4/c1-7-10(12(13)15-3)8-5-4-6-9(14-2)11(8)16-7/h9H,4-6H2,1-3H3. The Morgan fingerprint density at radius 3 is 2.81 bits per heavy atom. The molecule has 1 heterocycles. The van der Waals surface area contributed by atoms with Crippen LogP contribution in [0.15, 0.2) is 4.42 Å². The van der Waals surface area contributed by atoms with Gasteiger partial charge in [-0.05, 0) is 26.2 Å². The van der Waals surface area contributed by atoms with E-state index in [1.54, 1.807) is 14.0 Å². The van der Waals surface area contributed by atoms with Gasteiger partial charge in [0.15, 0.2) is 0 Å². The van der Waals surface area contributed by atoms with Gasteiger partial charge in [0.05, 0.1) is 7.11 Å². The molecule has 2 rings (SSSR count). The largest absolute Gasteiger partial charge is 0.465 e. The lowest BCUT2D eigenvalue weighted by Gasteiger charge is -2.19. The normalized spacial score (nSPS) is 19.3. The van der Waals surface area contributed by atoms with E-state index in [1.165, 1.54) is 7.11 Å². The molecule has 1 aromatic heterocycles. The van der Waals surface area contributed by atoms with E-state index < -0.39 is 0 Å². The number of hydrogen-bond donors (Lipinski definition) is 0. The summed E-state index contributed by atoms with van der Waals surface area (Å²) in [5.74, 6) is 1.10. The SMILES string of the molecule is COC(=O)c1c(C)oc2c1CCCC2OC. The van der Waals surface area contributed by atoms with E-state index in [4.69, 9.17) is 13.9 Å². The number of methoxy groups -OCH3 is 2. The van der Waals surface area contributed by atoms with E-state index in [0.29, 0.717) is 11.3 Å². The molecule has 0 spiro atoms. The van der Waals surface area contributed by atoms with E-state index >= 15 is 0 Å². The van der Waals surface area contributed by atoms with Gasteiger partial charge in [-0.15, -0.1) is 0 Å². The zero-order valence-corrected chi connectivity index (χ0v) is 9.83. The van der Waals surface area contributed by atoms with Crippen molar-refractivity contribution >= 4 is 5.97 Å². The van der Waals surface area contributed by atoms with Crippen LogP contribution in [0.2, 0.25) is 0 Å². The third-order valence-electron chi connectivity index (χ3n) is 3.07. The third kappa shape index (κ3) is 1.63. The number of fused-ring (bicyclic) bond motifs is 1. The van der Waals surface area contributed by atoms with Crippen LogP contribution in [-0.2, 0) is 15.9 Å². The minimum atomic E-state index is -0.320. The molecule has 0 aliphatic heterocycles. The zero-order valence-electron chi connectivity index (χ0n) is 9.83. The van der Waals surface area contributed by atoms with Crippen molar-refractivity contribution in [2.75, 3.05) is 14.2 Å². The highest BCUT2D eigenvalue weighted by Crippen LogP contribution is 2.37. The summed E-state index contributed by atoms with van der Waals surface area (Å²) in [6, 6.07) is 0. The van der Waals surface area contributed by atoms with E-state index in [2.05, 4.69) is 0 Å². The second-order valence-electron chi connectivity index (χ2n) is 3.98. The first kappa shape index (κ1) is 11.2. The minimum Gasteiger partial charge on any atom is -0.465 e. The minimum absolute atomic E-state index is 0.0270. The average Bonchev–Trinajstić information content (AvgIpc) is 2.63. The summed E-state index contributed by atoms with van der Waals surface area (Å²) >= 11 is 0. The predicted octanol–water partition coefficient (Wildman–Crippen LogP) is 2.40. The lowest BCUT2D eigenvalue weighted by atomic mass is 9.92. The fourth-order valence-electron chi connectivity index (χ4n) is 2.31. The van der Waals surface area contributed by atoms with Crippen LogP contribution in [0.3, 0.4) is 0 Å². The van der Waals surface area contributed by atoms with Gasteiger partial charge in [-0.2, -0.15) is 0 Å². The number of furan rings is 1. The average molecular weight is 224 g/mol. The van der Waals surface area contributed by atoms with E-state index in [-0.39, 0.29) is 12.1 Å². The van der Waals surface area contributed by atoms with Gasteiger partial charge >= 0.3 is 5.97 Å². The third-order valence-corrected chi connectivity index (χ3v) is 3.07. The number of aryl methyl sites for hydroxylation is 1. The van der Waals surface area contributed by atoms with Gasteiger partial charge in [-0.1, -0.05) is 0 Å². The summed E-state index contributed by atoms with van der Waals surface area (Å²) in [4.78, 5) is 11.6. The Labute approximate surface area is 94.5 Å². The summed E-state index contributed by atoms with van der Waals surface area (Å²) in [5.41, 5.74) is 1.54. The highest BCUT2D eigenvalue weighted by molar-refractivity contribution is 5.92. The van der Waals surface area contributed by atoms with Crippen LogP contribution < -0.4 is 0 Å². The van der Waals surface area contributed by atoms with Crippen molar-refractivity contribution in [1.82, 2.24) is 0 Å². The Kier molecular flexibility index (Phi) is 3.01. The van der Waals surface area contributed by atoms with Crippen LogP contribution >= 0.6 is 0 Å². The molecular weight excluding hydrogens is 208 g/mol. The van der Waals surface area contributed by atoms with Crippen molar-refractivity contribution in [3.05, 3.63) is 22.6 Å².